The molecular formula is C18H14ClNO2. The fourth-order valence-corrected chi connectivity index (χ4v) is 2.42. The second kappa shape index (κ2) is 6.16. The molecule has 0 saturated heterocycles. The molecule has 0 unspecified atom stereocenters. The highest BCUT2D eigenvalue weighted by molar-refractivity contribution is 6.31. The van der Waals surface area contributed by atoms with Crippen LogP contribution in [0.1, 0.15) is 22.8 Å². The predicted molar refractivity (Wildman–Crippen MR) is 88.9 cm³/mol. The average molecular weight is 312 g/mol. The number of hydrogen-bond donors (Lipinski definition) is 0. The van der Waals surface area contributed by atoms with Gasteiger partial charge in [-0.05, 0) is 43.3 Å². The maximum atomic E-state index is 12.4. The molecule has 0 amide bonds. The molecule has 0 atom stereocenters. The number of rotatable bonds is 3. The molecule has 0 bridgehead atoms. The Hall–Kier alpha value is -2.39. The van der Waals surface area contributed by atoms with E-state index in [2.05, 4.69) is 4.99 Å². The maximum Gasteiger partial charge on any atom is 0.222 e. The Kier molecular flexibility index (Phi) is 4.07. The molecule has 0 saturated carbocycles. The molecular weight excluding hydrogens is 298 g/mol. The van der Waals surface area contributed by atoms with E-state index in [1.807, 2.05) is 31.2 Å². The third kappa shape index (κ3) is 2.81. The first-order valence-corrected chi connectivity index (χ1v) is 7.39. The van der Waals surface area contributed by atoms with Crippen LogP contribution in [-0.2, 0) is 4.74 Å². The zero-order valence-electron chi connectivity index (χ0n) is 12.0. The smallest absolute Gasteiger partial charge is 0.222 e. The highest BCUT2D eigenvalue weighted by Gasteiger charge is 2.22. The number of carbonyl (C=O) groups is 1. The van der Waals surface area contributed by atoms with Crippen LogP contribution in [0, 0.1) is 0 Å². The van der Waals surface area contributed by atoms with Crippen LogP contribution in [-0.4, -0.2) is 18.3 Å². The van der Waals surface area contributed by atoms with Crippen LogP contribution in [0.5, 0.6) is 0 Å². The lowest BCUT2D eigenvalue weighted by atomic mass is 10.0. The van der Waals surface area contributed by atoms with Gasteiger partial charge in [-0.25, -0.2) is 4.99 Å². The lowest BCUT2D eigenvalue weighted by Gasteiger charge is -2.05. The first-order chi connectivity index (χ1) is 10.7. The van der Waals surface area contributed by atoms with Crippen LogP contribution in [0.4, 0.5) is 5.69 Å². The van der Waals surface area contributed by atoms with Gasteiger partial charge in [-0.2, -0.15) is 0 Å². The molecule has 1 aliphatic heterocycles. The number of aliphatic imine (C=N–C) groups is 1. The van der Waals surface area contributed by atoms with Crippen LogP contribution >= 0.6 is 11.6 Å². The molecule has 0 fully saturated rings. The van der Waals surface area contributed by atoms with E-state index in [-0.39, 0.29) is 5.78 Å². The molecule has 1 heterocycles. The number of hydrogen-bond acceptors (Lipinski definition) is 3. The summed E-state index contributed by atoms with van der Waals surface area (Å²) in [7, 11) is 0. The van der Waals surface area contributed by atoms with E-state index < -0.39 is 0 Å². The van der Waals surface area contributed by atoms with Crippen molar-refractivity contribution >= 4 is 34.5 Å². The van der Waals surface area contributed by atoms with Gasteiger partial charge in [0.05, 0.1) is 12.3 Å². The number of carbonyl (C=O) groups excluding carboxylic acids is 1. The molecule has 2 aromatic rings. The minimum atomic E-state index is -0.101. The van der Waals surface area contributed by atoms with E-state index in [0.29, 0.717) is 23.1 Å². The Morgan fingerprint density at radius 3 is 2.64 bits per heavy atom. The Bertz CT molecular complexity index is 776. The van der Waals surface area contributed by atoms with Crippen molar-refractivity contribution in [1.29, 1.82) is 0 Å². The van der Waals surface area contributed by atoms with Gasteiger partial charge in [0.25, 0.3) is 0 Å². The topological polar surface area (TPSA) is 38.7 Å². The molecule has 110 valence electrons. The van der Waals surface area contributed by atoms with Crippen molar-refractivity contribution in [1.82, 2.24) is 0 Å². The standard InChI is InChI=1S/C18H14ClNO2/c1-2-22-18-15(14-5-3-4-6-16(14)20-18)11-17(21)12-7-9-13(19)10-8-12/h3-11H,2H2,1H3/b15-11+. The number of fused-ring (bicyclic) bond motifs is 1. The Labute approximate surface area is 133 Å². The normalized spacial score (nSPS) is 14.6. The summed E-state index contributed by atoms with van der Waals surface area (Å²) < 4.78 is 5.56. The predicted octanol–water partition coefficient (Wildman–Crippen LogP) is 4.69. The van der Waals surface area contributed by atoms with Crippen molar-refractivity contribution < 1.29 is 9.53 Å². The van der Waals surface area contributed by atoms with E-state index in [4.69, 9.17) is 16.3 Å². The van der Waals surface area contributed by atoms with Gasteiger partial charge in [0, 0.05) is 21.7 Å². The summed E-state index contributed by atoms with van der Waals surface area (Å²) in [6.07, 6.45) is 1.57. The summed E-state index contributed by atoms with van der Waals surface area (Å²) in [4.78, 5) is 16.9. The Morgan fingerprint density at radius 1 is 1.18 bits per heavy atom. The number of ketones is 1. The second-order valence-electron chi connectivity index (χ2n) is 4.80. The second-order valence-corrected chi connectivity index (χ2v) is 5.23. The van der Waals surface area contributed by atoms with Crippen LogP contribution < -0.4 is 0 Å². The quantitative estimate of drug-likeness (QED) is 0.609. The van der Waals surface area contributed by atoms with Crippen molar-refractivity contribution in [3.05, 3.63) is 70.8 Å². The van der Waals surface area contributed by atoms with Gasteiger partial charge in [0.1, 0.15) is 0 Å². The van der Waals surface area contributed by atoms with Crippen LogP contribution in [0.2, 0.25) is 5.02 Å². The Balaban J connectivity index is 1.99. The number of para-hydroxylation sites is 1. The highest BCUT2D eigenvalue weighted by Crippen LogP contribution is 2.35. The van der Waals surface area contributed by atoms with Crippen molar-refractivity contribution in [2.75, 3.05) is 6.61 Å². The van der Waals surface area contributed by atoms with Crippen molar-refractivity contribution in [2.24, 2.45) is 4.99 Å². The summed E-state index contributed by atoms with van der Waals surface area (Å²) in [5.41, 5.74) is 3.03. The van der Waals surface area contributed by atoms with Crippen molar-refractivity contribution in [3.63, 3.8) is 0 Å². The van der Waals surface area contributed by atoms with Gasteiger partial charge >= 0.3 is 0 Å². The number of ether oxygens (including phenoxy) is 1. The first-order valence-electron chi connectivity index (χ1n) is 7.02. The van der Waals surface area contributed by atoms with Gasteiger partial charge in [0.15, 0.2) is 5.78 Å². The van der Waals surface area contributed by atoms with E-state index in [0.717, 1.165) is 16.8 Å². The van der Waals surface area contributed by atoms with Crippen molar-refractivity contribution in [2.45, 2.75) is 6.92 Å². The van der Waals surface area contributed by atoms with Crippen molar-refractivity contribution in [3.8, 4) is 0 Å². The minimum absolute atomic E-state index is 0.101. The molecule has 4 heteroatoms. The molecule has 2 aromatic carbocycles. The third-order valence-corrected chi connectivity index (χ3v) is 3.58. The highest BCUT2D eigenvalue weighted by atomic mass is 35.5. The van der Waals surface area contributed by atoms with E-state index in [1.165, 1.54) is 0 Å². The monoisotopic (exact) mass is 311 g/mol. The van der Waals surface area contributed by atoms with Crippen LogP contribution in [0.3, 0.4) is 0 Å². The molecule has 22 heavy (non-hydrogen) atoms. The van der Waals surface area contributed by atoms with Gasteiger partial charge in [-0.3, -0.25) is 4.79 Å². The number of halogens is 1. The molecule has 0 N–H and O–H groups in total. The van der Waals surface area contributed by atoms with Gasteiger partial charge in [0.2, 0.25) is 5.90 Å². The molecule has 0 spiro atoms. The molecule has 0 aliphatic carbocycles. The number of allylic oxidation sites excluding steroid dienone is 1. The van der Waals surface area contributed by atoms with Crippen LogP contribution in [0.15, 0.2) is 59.6 Å². The summed E-state index contributed by atoms with van der Waals surface area (Å²) in [5, 5.41) is 0.604. The lowest BCUT2D eigenvalue weighted by molar-refractivity contribution is 0.104. The Morgan fingerprint density at radius 2 is 1.91 bits per heavy atom. The fourth-order valence-electron chi connectivity index (χ4n) is 2.30. The fraction of sp³-hybridized carbons (Fsp3) is 0.111. The average Bonchev–Trinajstić information content (AvgIpc) is 2.86. The molecule has 3 rings (SSSR count). The van der Waals surface area contributed by atoms with E-state index in [1.54, 1.807) is 30.3 Å². The summed E-state index contributed by atoms with van der Waals surface area (Å²) >= 11 is 5.85. The maximum absolute atomic E-state index is 12.4. The van der Waals surface area contributed by atoms with Gasteiger partial charge in [-0.15, -0.1) is 0 Å². The van der Waals surface area contributed by atoms with E-state index >= 15 is 0 Å². The SMILES string of the molecule is CCOC1=Nc2ccccc2/C1=C\C(=O)c1ccc(Cl)cc1. The molecule has 1 aliphatic rings. The first kappa shape index (κ1) is 14.5. The zero-order chi connectivity index (χ0) is 15.5. The number of benzene rings is 2. The molecule has 0 aromatic heterocycles. The lowest BCUT2D eigenvalue weighted by Crippen LogP contribution is -2.06. The molecule has 0 radical (unpaired) electrons. The minimum Gasteiger partial charge on any atom is -0.478 e. The van der Waals surface area contributed by atoms with Gasteiger partial charge < -0.3 is 4.74 Å². The van der Waals surface area contributed by atoms with E-state index in [9.17, 15) is 4.79 Å². The summed E-state index contributed by atoms with van der Waals surface area (Å²) in [5.74, 6) is 0.391. The molecule has 3 nitrogen and oxygen atoms in total. The van der Waals surface area contributed by atoms with Crippen LogP contribution in [0.25, 0.3) is 5.57 Å². The van der Waals surface area contributed by atoms with Gasteiger partial charge in [-0.1, -0.05) is 29.8 Å². The summed E-state index contributed by atoms with van der Waals surface area (Å²) in [6.45, 7) is 2.39. The zero-order valence-corrected chi connectivity index (χ0v) is 12.8. The third-order valence-electron chi connectivity index (χ3n) is 3.33. The summed E-state index contributed by atoms with van der Waals surface area (Å²) in [6, 6.07) is 14.5. The largest absolute Gasteiger partial charge is 0.478 e. The number of nitrogens with zero attached hydrogens (tertiary/aromatic N) is 1.